The van der Waals surface area contributed by atoms with E-state index in [9.17, 15) is 0 Å². The summed E-state index contributed by atoms with van der Waals surface area (Å²) in [5.41, 5.74) is 3.87. The Hall–Kier alpha value is -1.02. The fourth-order valence-corrected chi connectivity index (χ4v) is 2.61. The van der Waals surface area contributed by atoms with Crippen LogP contribution in [0.3, 0.4) is 0 Å². The standard InChI is InChI=1S/C15H23NO/c1-10-7-13(8-11(2)15(10)17-4)14(16-3)9-12-5-6-12/h7-8,12,14,16H,5-6,9H2,1-4H3. The van der Waals surface area contributed by atoms with Gasteiger partial charge in [0.15, 0.2) is 0 Å². The monoisotopic (exact) mass is 233 g/mol. The van der Waals surface area contributed by atoms with Gasteiger partial charge in [-0.15, -0.1) is 0 Å². The lowest BCUT2D eigenvalue weighted by molar-refractivity contribution is 0.407. The molecule has 1 aromatic carbocycles. The average molecular weight is 233 g/mol. The number of methoxy groups -OCH3 is 1. The minimum absolute atomic E-state index is 0.491. The molecule has 1 saturated carbocycles. The molecule has 1 N–H and O–H groups in total. The predicted molar refractivity (Wildman–Crippen MR) is 71.6 cm³/mol. The Balaban J connectivity index is 2.23. The fourth-order valence-electron chi connectivity index (χ4n) is 2.61. The van der Waals surface area contributed by atoms with Crippen molar-refractivity contribution in [2.45, 2.75) is 39.2 Å². The van der Waals surface area contributed by atoms with Crippen molar-refractivity contribution in [1.82, 2.24) is 5.32 Å². The van der Waals surface area contributed by atoms with Crippen molar-refractivity contribution in [3.63, 3.8) is 0 Å². The van der Waals surface area contributed by atoms with Crippen LogP contribution in [0.4, 0.5) is 0 Å². The van der Waals surface area contributed by atoms with Crippen LogP contribution in [0.15, 0.2) is 12.1 Å². The molecule has 94 valence electrons. The molecule has 0 radical (unpaired) electrons. The van der Waals surface area contributed by atoms with Gasteiger partial charge in [0.25, 0.3) is 0 Å². The van der Waals surface area contributed by atoms with Crippen molar-refractivity contribution in [1.29, 1.82) is 0 Å². The number of nitrogens with one attached hydrogen (secondary N) is 1. The van der Waals surface area contributed by atoms with E-state index in [4.69, 9.17) is 4.74 Å². The first-order valence-electron chi connectivity index (χ1n) is 6.48. The highest BCUT2D eigenvalue weighted by Crippen LogP contribution is 2.38. The minimum atomic E-state index is 0.491. The Kier molecular flexibility index (Phi) is 3.72. The van der Waals surface area contributed by atoms with Crippen LogP contribution in [0.1, 0.15) is 42.0 Å². The quantitative estimate of drug-likeness (QED) is 0.842. The molecule has 0 aromatic heterocycles. The Morgan fingerprint density at radius 3 is 2.29 bits per heavy atom. The highest BCUT2D eigenvalue weighted by atomic mass is 16.5. The maximum Gasteiger partial charge on any atom is 0.124 e. The second kappa shape index (κ2) is 5.09. The molecule has 2 rings (SSSR count). The Morgan fingerprint density at radius 2 is 1.88 bits per heavy atom. The van der Waals surface area contributed by atoms with E-state index in [0.29, 0.717) is 6.04 Å². The van der Waals surface area contributed by atoms with Gasteiger partial charge in [-0.25, -0.2) is 0 Å². The molecule has 1 aliphatic rings. The molecule has 17 heavy (non-hydrogen) atoms. The molecular formula is C15H23NO. The molecule has 0 spiro atoms. The summed E-state index contributed by atoms with van der Waals surface area (Å²) in [4.78, 5) is 0. The number of ether oxygens (including phenoxy) is 1. The van der Waals surface area contributed by atoms with Crippen LogP contribution < -0.4 is 10.1 Å². The van der Waals surface area contributed by atoms with Gasteiger partial charge in [0, 0.05) is 6.04 Å². The molecule has 2 nitrogen and oxygen atoms in total. The van der Waals surface area contributed by atoms with Crippen molar-refractivity contribution in [3.05, 3.63) is 28.8 Å². The van der Waals surface area contributed by atoms with Crippen molar-refractivity contribution < 1.29 is 4.74 Å². The van der Waals surface area contributed by atoms with E-state index in [1.807, 2.05) is 0 Å². The summed E-state index contributed by atoms with van der Waals surface area (Å²) in [6.45, 7) is 4.25. The normalized spacial score (nSPS) is 16.9. The summed E-state index contributed by atoms with van der Waals surface area (Å²) in [5, 5.41) is 3.44. The van der Waals surface area contributed by atoms with Gasteiger partial charge in [-0.3, -0.25) is 0 Å². The van der Waals surface area contributed by atoms with E-state index < -0.39 is 0 Å². The zero-order valence-corrected chi connectivity index (χ0v) is 11.3. The number of hydrogen-bond donors (Lipinski definition) is 1. The smallest absolute Gasteiger partial charge is 0.124 e. The van der Waals surface area contributed by atoms with E-state index >= 15 is 0 Å². The summed E-state index contributed by atoms with van der Waals surface area (Å²) in [6, 6.07) is 5.01. The second-order valence-corrected chi connectivity index (χ2v) is 5.21. The summed E-state index contributed by atoms with van der Waals surface area (Å²) in [5.74, 6) is 1.96. The molecule has 2 heteroatoms. The second-order valence-electron chi connectivity index (χ2n) is 5.21. The van der Waals surface area contributed by atoms with Gasteiger partial charge in [0.2, 0.25) is 0 Å². The maximum absolute atomic E-state index is 5.42. The van der Waals surface area contributed by atoms with Gasteiger partial charge in [-0.2, -0.15) is 0 Å². The third-order valence-corrected chi connectivity index (χ3v) is 3.70. The van der Waals surface area contributed by atoms with E-state index in [1.165, 1.54) is 36.0 Å². The molecule has 0 bridgehead atoms. The number of aryl methyl sites for hydroxylation is 2. The largest absolute Gasteiger partial charge is 0.496 e. The van der Waals surface area contributed by atoms with Crippen molar-refractivity contribution in [2.24, 2.45) is 5.92 Å². The first-order chi connectivity index (χ1) is 8.15. The Labute approximate surface area is 104 Å². The summed E-state index contributed by atoms with van der Waals surface area (Å²) >= 11 is 0. The fraction of sp³-hybridized carbons (Fsp3) is 0.600. The van der Waals surface area contributed by atoms with Crippen molar-refractivity contribution >= 4 is 0 Å². The predicted octanol–water partition coefficient (Wildman–Crippen LogP) is 3.37. The van der Waals surface area contributed by atoms with Crippen LogP contribution in [0.2, 0.25) is 0 Å². The van der Waals surface area contributed by atoms with Gasteiger partial charge >= 0.3 is 0 Å². The molecule has 0 heterocycles. The van der Waals surface area contributed by atoms with Gasteiger partial charge in [-0.05, 0) is 49.9 Å². The lowest BCUT2D eigenvalue weighted by atomic mass is 9.97. The molecule has 1 aromatic rings. The highest BCUT2D eigenvalue weighted by Gasteiger charge is 2.26. The minimum Gasteiger partial charge on any atom is -0.496 e. The van der Waals surface area contributed by atoms with Gasteiger partial charge in [-0.1, -0.05) is 25.0 Å². The first kappa shape index (κ1) is 12.4. The lowest BCUT2D eigenvalue weighted by Crippen LogP contribution is -2.17. The molecule has 0 amide bonds. The topological polar surface area (TPSA) is 21.3 Å². The van der Waals surface area contributed by atoms with Crippen LogP contribution in [-0.2, 0) is 0 Å². The number of benzene rings is 1. The van der Waals surface area contributed by atoms with E-state index in [1.54, 1.807) is 7.11 Å². The number of rotatable bonds is 5. The van der Waals surface area contributed by atoms with Crippen LogP contribution in [0.25, 0.3) is 0 Å². The van der Waals surface area contributed by atoms with Gasteiger partial charge in [0.1, 0.15) is 5.75 Å². The van der Waals surface area contributed by atoms with Crippen molar-refractivity contribution in [2.75, 3.05) is 14.2 Å². The zero-order valence-electron chi connectivity index (χ0n) is 11.3. The molecular weight excluding hydrogens is 210 g/mol. The lowest BCUT2D eigenvalue weighted by Gasteiger charge is -2.19. The Bertz CT molecular complexity index is 373. The van der Waals surface area contributed by atoms with Crippen LogP contribution in [-0.4, -0.2) is 14.2 Å². The molecule has 1 fully saturated rings. The molecule has 0 aliphatic heterocycles. The number of hydrogen-bond acceptors (Lipinski definition) is 2. The van der Waals surface area contributed by atoms with Crippen LogP contribution in [0, 0.1) is 19.8 Å². The van der Waals surface area contributed by atoms with E-state index in [2.05, 4.69) is 38.3 Å². The third-order valence-electron chi connectivity index (χ3n) is 3.70. The van der Waals surface area contributed by atoms with E-state index in [-0.39, 0.29) is 0 Å². The summed E-state index contributed by atoms with van der Waals surface area (Å²) in [7, 11) is 3.80. The molecule has 1 atom stereocenters. The third kappa shape index (κ3) is 2.81. The summed E-state index contributed by atoms with van der Waals surface area (Å²) < 4.78 is 5.42. The maximum atomic E-state index is 5.42. The first-order valence-corrected chi connectivity index (χ1v) is 6.48. The Morgan fingerprint density at radius 1 is 1.29 bits per heavy atom. The zero-order chi connectivity index (χ0) is 12.4. The SMILES string of the molecule is CNC(CC1CC1)c1cc(C)c(OC)c(C)c1. The van der Waals surface area contributed by atoms with E-state index in [0.717, 1.165) is 11.7 Å². The molecule has 1 aliphatic carbocycles. The van der Waals surface area contributed by atoms with Gasteiger partial charge < -0.3 is 10.1 Å². The molecule has 1 unspecified atom stereocenters. The van der Waals surface area contributed by atoms with Crippen molar-refractivity contribution in [3.8, 4) is 5.75 Å². The highest BCUT2D eigenvalue weighted by molar-refractivity contribution is 5.44. The summed E-state index contributed by atoms with van der Waals surface area (Å²) in [6.07, 6.45) is 4.08. The molecule has 0 saturated heterocycles. The van der Waals surface area contributed by atoms with Crippen LogP contribution >= 0.6 is 0 Å². The van der Waals surface area contributed by atoms with Gasteiger partial charge in [0.05, 0.1) is 7.11 Å². The average Bonchev–Trinajstić information content (AvgIpc) is 3.09. The van der Waals surface area contributed by atoms with Crippen LogP contribution in [0.5, 0.6) is 5.75 Å².